The van der Waals surface area contributed by atoms with Gasteiger partial charge in [0.15, 0.2) is 0 Å². The van der Waals surface area contributed by atoms with Crippen molar-refractivity contribution in [2.75, 3.05) is 0 Å². The Morgan fingerprint density at radius 1 is 0.889 bits per heavy atom. The first kappa shape index (κ1) is 5.69. The molecule has 1 spiro atoms. The molecule has 0 unspecified atom stereocenters. The molecule has 0 aliphatic heterocycles. The first-order valence-corrected chi connectivity index (χ1v) is 3.71. The highest BCUT2D eigenvalue weighted by molar-refractivity contribution is 5.06. The Hall–Kier alpha value is -0.0800. The molecule has 4 N–H and O–H groups in total. The standard InChI is InChI=1S/C7H14N2/c8-5-1-7(2-5)3-6(9)4-7/h5-6H,1-4,8-9H2. The third kappa shape index (κ3) is 0.700. The summed E-state index contributed by atoms with van der Waals surface area (Å²) in [7, 11) is 0. The van der Waals surface area contributed by atoms with E-state index in [9.17, 15) is 0 Å². The zero-order chi connectivity index (χ0) is 6.48. The Kier molecular flexibility index (Phi) is 0.945. The van der Waals surface area contributed by atoms with Crippen LogP contribution in [0.2, 0.25) is 0 Å². The normalized spacial score (nSPS) is 56.7. The van der Waals surface area contributed by atoms with Gasteiger partial charge in [0.2, 0.25) is 0 Å². The van der Waals surface area contributed by atoms with Gasteiger partial charge in [0.1, 0.15) is 0 Å². The zero-order valence-electron chi connectivity index (χ0n) is 5.64. The van der Waals surface area contributed by atoms with Crippen LogP contribution in [-0.4, -0.2) is 12.1 Å². The van der Waals surface area contributed by atoms with Crippen molar-refractivity contribution in [2.24, 2.45) is 16.9 Å². The minimum absolute atomic E-state index is 0.498. The summed E-state index contributed by atoms with van der Waals surface area (Å²) in [5.74, 6) is 0. The second kappa shape index (κ2) is 1.50. The molecular formula is C7H14N2. The van der Waals surface area contributed by atoms with Crippen LogP contribution >= 0.6 is 0 Å². The zero-order valence-corrected chi connectivity index (χ0v) is 5.64. The van der Waals surface area contributed by atoms with Crippen LogP contribution in [-0.2, 0) is 0 Å². The molecule has 2 nitrogen and oxygen atoms in total. The van der Waals surface area contributed by atoms with E-state index in [0.717, 1.165) is 0 Å². The molecule has 0 saturated heterocycles. The molecule has 0 amide bonds. The molecule has 0 aromatic rings. The lowest BCUT2D eigenvalue weighted by molar-refractivity contribution is -0.00523. The molecule has 52 valence electrons. The third-order valence-electron chi connectivity index (χ3n) is 2.78. The van der Waals surface area contributed by atoms with Crippen LogP contribution < -0.4 is 11.5 Å². The van der Waals surface area contributed by atoms with Crippen molar-refractivity contribution in [3.8, 4) is 0 Å². The van der Waals surface area contributed by atoms with Crippen molar-refractivity contribution in [2.45, 2.75) is 37.8 Å². The molecule has 2 rings (SSSR count). The minimum atomic E-state index is 0.498. The first-order chi connectivity index (χ1) is 4.20. The summed E-state index contributed by atoms with van der Waals surface area (Å²) in [5, 5.41) is 0. The van der Waals surface area contributed by atoms with Crippen LogP contribution in [0.25, 0.3) is 0 Å². The van der Waals surface area contributed by atoms with Gasteiger partial charge in [-0.3, -0.25) is 0 Å². The molecule has 0 atom stereocenters. The van der Waals surface area contributed by atoms with Crippen molar-refractivity contribution < 1.29 is 0 Å². The molecule has 9 heavy (non-hydrogen) atoms. The molecule has 2 saturated carbocycles. The second-order valence-corrected chi connectivity index (χ2v) is 3.84. The lowest BCUT2D eigenvalue weighted by atomic mass is 9.52. The average molecular weight is 126 g/mol. The Labute approximate surface area is 55.6 Å². The molecular weight excluding hydrogens is 112 g/mol. The van der Waals surface area contributed by atoms with Gasteiger partial charge < -0.3 is 11.5 Å². The smallest absolute Gasteiger partial charge is 0.00494 e. The van der Waals surface area contributed by atoms with Crippen LogP contribution in [0.3, 0.4) is 0 Å². The summed E-state index contributed by atoms with van der Waals surface area (Å²) in [5.41, 5.74) is 12.0. The molecule has 2 aliphatic rings. The molecule has 2 aliphatic carbocycles. The molecule has 2 fully saturated rings. The summed E-state index contributed by atoms with van der Waals surface area (Å²) in [6.07, 6.45) is 4.95. The summed E-state index contributed by atoms with van der Waals surface area (Å²) in [6.45, 7) is 0. The van der Waals surface area contributed by atoms with Crippen LogP contribution in [0.1, 0.15) is 25.7 Å². The lowest BCUT2D eigenvalue weighted by Crippen LogP contribution is -2.57. The first-order valence-electron chi connectivity index (χ1n) is 3.71. The van der Waals surface area contributed by atoms with E-state index in [0.29, 0.717) is 17.5 Å². The van der Waals surface area contributed by atoms with Gasteiger partial charge in [0.25, 0.3) is 0 Å². The van der Waals surface area contributed by atoms with E-state index in [-0.39, 0.29) is 0 Å². The van der Waals surface area contributed by atoms with Crippen molar-refractivity contribution in [1.82, 2.24) is 0 Å². The van der Waals surface area contributed by atoms with Crippen LogP contribution in [0.4, 0.5) is 0 Å². The van der Waals surface area contributed by atoms with Gasteiger partial charge in [-0.15, -0.1) is 0 Å². The van der Waals surface area contributed by atoms with Gasteiger partial charge in [-0.25, -0.2) is 0 Å². The van der Waals surface area contributed by atoms with Gasteiger partial charge in [0, 0.05) is 12.1 Å². The van der Waals surface area contributed by atoms with E-state index in [1.54, 1.807) is 0 Å². The molecule has 0 bridgehead atoms. The summed E-state index contributed by atoms with van der Waals surface area (Å²) < 4.78 is 0. The predicted octanol–water partition coefficient (Wildman–Crippen LogP) is 0.215. The fourth-order valence-corrected chi connectivity index (χ4v) is 2.44. The maximum Gasteiger partial charge on any atom is 0.00494 e. The Morgan fingerprint density at radius 3 is 1.44 bits per heavy atom. The predicted molar refractivity (Wildman–Crippen MR) is 36.9 cm³/mol. The van der Waals surface area contributed by atoms with E-state index in [1.165, 1.54) is 25.7 Å². The topological polar surface area (TPSA) is 52.0 Å². The van der Waals surface area contributed by atoms with E-state index in [2.05, 4.69) is 0 Å². The molecule has 0 aromatic carbocycles. The monoisotopic (exact) mass is 126 g/mol. The summed E-state index contributed by atoms with van der Waals surface area (Å²) in [6, 6.07) is 0.995. The maximum atomic E-state index is 5.67. The van der Waals surface area contributed by atoms with E-state index < -0.39 is 0 Å². The van der Waals surface area contributed by atoms with Gasteiger partial charge in [-0.1, -0.05) is 0 Å². The Bertz CT molecular complexity index is 101. The highest BCUT2D eigenvalue weighted by Gasteiger charge is 2.50. The Balaban J connectivity index is 1.87. The highest BCUT2D eigenvalue weighted by atomic mass is 14.8. The fraction of sp³-hybridized carbons (Fsp3) is 1.00. The summed E-state index contributed by atoms with van der Waals surface area (Å²) >= 11 is 0. The summed E-state index contributed by atoms with van der Waals surface area (Å²) in [4.78, 5) is 0. The quantitative estimate of drug-likeness (QED) is 0.487. The second-order valence-electron chi connectivity index (χ2n) is 3.84. The van der Waals surface area contributed by atoms with E-state index in [1.807, 2.05) is 0 Å². The molecule has 0 radical (unpaired) electrons. The van der Waals surface area contributed by atoms with Crippen LogP contribution in [0.5, 0.6) is 0 Å². The van der Waals surface area contributed by atoms with Gasteiger partial charge >= 0.3 is 0 Å². The lowest BCUT2D eigenvalue weighted by Gasteiger charge is -2.56. The number of nitrogens with two attached hydrogens (primary N) is 2. The molecule has 0 aromatic heterocycles. The van der Waals surface area contributed by atoms with Gasteiger partial charge in [-0.2, -0.15) is 0 Å². The molecule has 2 heteroatoms. The van der Waals surface area contributed by atoms with Crippen molar-refractivity contribution in [1.29, 1.82) is 0 Å². The van der Waals surface area contributed by atoms with Crippen molar-refractivity contribution >= 4 is 0 Å². The van der Waals surface area contributed by atoms with Gasteiger partial charge in [0.05, 0.1) is 0 Å². The fourth-order valence-electron chi connectivity index (χ4n) is 2.44. The Morgan fingerprint density at radius 2 is 1.22 bits per heavy atom. The van der Waals surface area contributed by atoms with Gasteiger partial charge in [-0.05, 0) is 31.1 Å². The SMILES string of the molecule is NC1CC2(C1)CC(N)C2. The largest absolute Gasteiger partial charge is 0.328 e. The third-order valence-corrected chi connectivity index (χ3v) is 2.78. The van der Waals surface area contributed by atoms with Crippen molar-refractivity contribution in [3.63, 3.8) is 0 Å². The number of rotatable bonds is 0. The highest BCUT2D eigenvalue weighted by Crippen LogP contribution is 2.54. The van der Waals surface area contributed by atoms with E-state index >= 15 is 0 Å². The molecule has 0 heterocycles. The maximum absolute atomic E-state index is 5.67. The van der Waals surface area contributed by atoms with Crippen molar-refractivity contribution in [3.05, 3.63) is 0 Å². The minimum Gasteiger partial charge on any atom is -0.328 e. The van der Waals surface area contributed by atoms with E-state index in [4.69, 9.17) is 11.5 Å². The average Bonchev–Trinajstić information content (AvgIpc) is 1.58. The number of hydrogen-bond donors (Lipinski definition) is 2. The number of hydrogen-bond acceptors (Lipinski definition) is 2. The van der Waals surface area contributed by atoms with Crippen LogP contribution in [0, 0.1) is 5.41 Å². The van der Waals surface area contributed by atoms with Crippen LogP contribution in [0.15, 0.2) is 0 Å².